The molecule has 0 saturated heterocycles. The van der Waals surface area contributed by atoms with E-state index in [1.165, 1.54) is 4.90 Å². The van der Waals surface area contributed by atoms with Gasteiger partial charge in [-0.25, -0.2) is 9.78 Å². The number of anilines is 1. The Morgan fingerprint density at radius 2 is 1.93 bits per heavy atom. The minimum atomic E-state index is -0.996. The number of pyridine rings is 1. The lowest BCUT2D eigenvalue weighted by atomic mass is 10.1. The van der Waals surface area contributed by atoms with Crippen molar-refractivity contribution in [1.82, 2.24) is 14.5 Å². The van der Waals surface area contributed by atoms with E-state index >= 15 is 0 Å². The summed E-state index contributed by atoms with van der Waals surface area (Å²) in [6, 6.07) is 9.70. The number of nitrogens with zero attached hydrogens (tertiary/aromatic N) is 3. The van der Waals surface area contributed by atoms with E-state index in [0.717, 1.165) is 28.5 Å². The van der Waals surface area contributed by atoms with Gasteiger partial charge in [0.15, 0.2) is 0 Å². The number of carbonyl (C=O) groups is 2. The Morgan fingerprint density at radius 3 is 2.52 bits per heavy atom. The molecule has 29 heavy (non-hydrogen) atoms. The van der Waals surface area contributed by atoms with Gasteiger partial charge in [-0.1, -0.05) is 18.2 Å². The Balaban J connectivity index is 2.01. The van der Waals surface area contributed by atoms with Crippen LogP contribution in [0.5, 0.6) is 0 Å². The average Bonchev–Trinajstić information content (AvgIpc) is 2.95. The molecule has 154 valence electrons. The first kappa shape index (κ1) is 20.4. The van der Waals surface area contributed by atoms with Gasteiger partial charge < -0.3 is 25.6 Å². The van der Waals surface area contributed by atoms with E-state index in [1.54, 1.807) is 6.07 Å². The summed E-state index contributed by atoms with van der Waals surface area (Å²) in [7, 11) is 0. The van der Waals surface area contributed by atoms with Crippen molar-refractivity contribution in [2.75, 3.05) is 18.4 Å². The summed E-state index contributed by atoms with van der Waals surface area (Å²) < 4.78 is 2.08. The number of aromatic nitrogens is 2. The number of rotatable bonds is 6. The van der Waals surface area contributed by atoms with Crippen LogP contribution >= 0.6 is 0 Å². The van der Waals surface area contributed by atoms with Gasteiger partial charge in [-0.2, -0.15) is 0 Å². The van der Waals surface area contributed by atoms with E-state index < -0.39 is 17.5 Å². The van der Waals surface area contributed by atoms with Crippen molar-refractivity contribution in [2.45, 2.75) is 39.8 Å². The molecular formula is C21H27N5O3. The topological polar surface area (TPSA) is 113 Å². The highest BCUT2D eigenvalue weighted by Gasteiger charge is 2.25. The number of hydrogen-bond acceptors (Lipinski definition) is 4. The molecule has 2 heterocycles. The van der Waals surface area contributed by atoms with Crippen LogP contribution in [0.25, 0.3) is 21.9 Å². The van der Waals surface area contributed by atoms with Crippen LogP contribution in [-0.4, -0.2) is 50.2 Å². The SMILES string of the molecule is CCn1c2ccccc2c2cc(C(N)=O)c(NCCN(C(=O)O)C(C)(C)C)nc21. The first-order valence-corrected chi connectivity index (χ1v) is 9.61. The van der Waals surface area contributed by atoms with Crippen LogP contribution in [0, 0.1) is 0 Å². The van der Waals surface area contributed by atoms with Gasteiger partial charge in [0.1, 0.15) is 11.5 Å². The van der Waals surface area contributed by atoms with Gasteiger partial charge in [0.05, 0.1) is 11.1 Å². The summed E-state index contributed by atoms with van der Waals surface area (Å²) in [6.45, 7) is 8.81. The van der Waals surface area contributed by atoms with Crippen molar-refractivity contribution < 1.29 is 14.7 Å². The molecule has 3 rings (SSSR count). The number of hydrogen-bond donors (Lipinski definition) is 3. The van der Waals surface area contributed by atoms with Crippen LogP contribution in [0.2, 0.25) is 0 Å². The van der Waals surface area contributed by atoms with Gasteiger partial charge in [-0.05, 0) is 39.8 Å². The van der Waals surface area contributed by atoms with Crippen LogP contribution in [0.1, 0.15) is 38.1 Å². The molecule has 0 spiro atoms. The van der Waals surface area contributed by atoms with E-state index in [-0.39, 0.29) is 12.1 Å². The zero-order valence-corrected chi connectivity index (χ0v) is 17.2. The standard InChI is InChI=1S/C21H27N5O3/c1-5-25-16-9-7-6-8-13(16)14-12-15(17(22)27)18(24-19(14)25)23-10-11-26(20(28)29)21(2,3)4/h6-9,12H,5,10-11H2,1-4H3,(H2,22,27)(H,23,24)(H,28,29). The normalized spacial score (nSPS) is 11.7. The van der Waals surface area contributed by atoms with E-state index in [0.29, 0.717) is 12.4 Å². The quantitative estimate of drug-likeness (QED) is 0.589. The fourth-order valence-corrected chi connectivity index (χ4v) is 3.61. The molecule has 1 aromatic carbocycles. The van der Waals surface area contributed by atoms with E-state index in [4.69, 9.17) is 10.7 Å². The van der Waals surface area contributed by atoms with Gasteiger partial charge in [0.25, 0.3) is 5.91 Å². The molecule has 0 radical (unpaired) electrons. The van der Waals surface area contributed by atoms with Gasteiger partial charge in [0, 0.05) is 35.9 Å². The van der Waals surface area contributed by atoms with Gasteiger partial charge >= 0.3 is 6.09 Å². The lowest BCUT2D eigenvalue weighted by molar-refractivity contribution is 0.0995. The summed E-state index contributed by atoms with van der Waals surface area (Å²) in [5.41, 5.74) is 7.15. The number of fused-ring (bicyclic) bond motifs is 3. The number of aryl methyl sites for hydroxylation is 1. The molecule has 3 aromatic rings. The fraction of sp³-hybridized carbons (Fsp3) is 0.381. The molecule has 2 aromatic heterocycles. The molecule has 4 N–H and O–H groups in total. The largest absolute Gasteiger partial charge is 0.465 e. The zero-order valence-electron chi connectivity index (χ0n) is 17.2. The lowest BCUT2D eigenvalue weighted by Crippen LogP contribution is -2.47. The molecule has 0 atom stereocenters. The highest BCUT2D eigenvalue weighted by Crippen LogP contribution is 2.30. The van der Waals surface area contributed by atoms with Crippen molar-refractivity contribution in [2.24, 2.45) is 5.73 Å². The Bertz CT molecular complexity index is 1080. The molecule has 0 saturated carbocycles. The Kier molecular flexibility index (Phi) is 5.37. The number of primary amides is 1. The number of carboxylic acid groups (broad SMARTS) is 1. The Labute approximate surface area is 169 Å². The lowest BCUT2D eigenvalue weighted by Gasteiger charge is -2.33. The minimum absolute atomic E-state index is 0.244. The molecule has 0 aliphatic heterocycles. The van der Waals surface area contributed by atoms with E-state index in [1.807, 2.05) is 52.0 Å². The molecule has 2 amide bonds. The van der Waals surface area contributed by atoms with Gasteiger partial charge in [-0.15, -0.1) is 0 Å². The second kappa shape index (κ2) is 7.62. The molecule has 8 nitrogen and oxygen atoms in total. The highest BCUT2D eigenvalue weighted by atomic mass is 16.4. The number of benzene rings is 1. The summed E-state index contributed by atoms with van der Waals surface area (Å²) in [4.78, 5) is 29.6. The highest BCUT2D eigenvalue weighted by molar-refractivity contribution is 6.10. The van der Waals surface area contributed by atoms with Crippen molar-refractivity contribution in [3.8, 4) is 0 Å². The molecule has 0 aliphatic carbocycles. The van der Waals surface area contributed by atoms with Crippen molar-refractivity contribution in [3.05, 3.63) is 35.9 Å². The summed E-state index contributed by atoms with van der Waals surface area (Å²) >= 11 is 0. The third-order valence-corrected chi connectivity index (χ3v) is 4.99. The maximum absolute atomic E-state index is 12.1. The number of nitrogens with two attached hydrogens (primary N) is 1. The van der Waals surface area contributed by atoms with Crippen LogP contribution in [0.3, 0.4) is 0 Å². The monoisotopic (exact) mass is 397 g/mol. The number of para-hydroxylation sites is 1. The summed E-state index contributed by atoms with van der Waals surface area (Å²) in [5.74, 6) is -0.220. The minimum Gasteiger partial charge on any atom is -0.465 e. The predicted molar refractivity (Wildman–Crippen MR) is 114 cm³/mol. The summed E-state index contributed by atoms with van der Waals surface area (Å²) in [5, 5.41) is 14.4. The average molecular weight is 397 g/mol. The third-order valence-electron chi connectivity index (χ3n) is 4.99. The van der Waals surface area contributed by atoms with E-state index in [9.17, 15) is 14.7 Å². The molecule has 8 heteroatoms. The van der Waals surface area contributed by atoms with Crippen LogP contribution in [0.15, 0.2) is 30.3 Å². The van der Waals surface area contributed by atoms with Crippen LogP contribution in [-0.2, 0) is 6.54 Å². The van der Waals surface area contributed by atoms with Crippen molar-refractivity contribution in [1.29, 1.82) is 0 Å². The first-order chi connectivity index (χ1) is 13.6. The number of amides is 2. The molecule has 0 bridgehead atoms. The van der Waals surface area contributed by atoms with Crippen LogP contribution < -0.4 is 11.1 Å². The predicted octanol–water partition coefficient (Wildman–Crippen LogP) is 3.50. The molecule has 0 aliphatic rings. The smallest absolute Gasteiger partial charge is 0.407 e. The van der Waals surface area contributed by atoms with Gasteiger partial charge in [0.2, 0.25) is 0 Å². The second-order valence-electron chi connectivity index (χ2n) is 7.91. The molecule has 0 fully saturated rings. The maximum Gasteiger partial charge on any atom is 0.407 e. The number of carbonyl (C=O) groups excluding carboxylic acids is 1. The van der Waals surface area contributed by atoms with Crippen molar-refractivity contribution >= 4 is 39.8 Å². The zero-order chi connectivity index (χ0) is 21.3. The first-order valence-electron chi connectivity index (χ1n) is 9.61. The van der Waals surface area contributed by atoms with Gasteiger partial charge in [-0.3, -0.25) is 4.79 Å². The molecular weight excluding hydrogens is 370 g/mol. The molecule has 0 unspecified atom stereocenters. The third kappa shape index (κ3) is 3.83. The van der Waals surface area contributed by atoms with Crippen LogP contribution in [0.4, 0.5) is 10.6 Å². The number of nitrogens with one attached hydrogen (secondary N) is 1. The summed E-state index contributed by atoms with van der Waals surface area (Å²) in [6.07, 6.45) is -0.996. The maximum atomic E-state index is 12.1. The van der Waals surface area contributed by atoms with E-state index in [2.05, 4.69) is 9.88 Å². The second-order valence-corrected chi connectivity index (χ2v) is 7.91. The Hall–Kier alpha value is -3.29. The Morgan fingerprint density at radius 1 is 1.24 bits per heavy atom. The van der Waals surface area contributed by atoms with Crippen molar-refractivity contribution in [3.63, 3.8) is 0 Å². The fourth-order valence-electron chi connectivity index (χ4n) is 3.61.